The molecule has 2 aromatic heterocycles. The summed E-state index contributed by atoms with van der Waals surface area (Å²) in [5.41, 5.74) is 2.29. The summed E-state index contributed by atoms with van der Waals surface area (Å²) < 4.78 is 6.56. The van der Waals surface area contributed by atoms with Crippen molar-refractivity contribution in [3.63, 3.8) is 0 Å². The van der Waals surface area contributed by atoms with Gasteiger partial charge in [0.05, 0.1) is 10.2 Å². The average Bonchev–Trinajstić information content (AvgIpc) is 3.41. The maximum Gasteiger partial charge on any atom is 0.276 e. The molecule has 1 aliphatic rings. The van der Waals surface area contributed by atoms with Crippen LogP contribution in [0.15, 0.2) is 65.2 Å². The lowest BCUT2D eigenvalue weighted by Crippen LogP contribution is -2.48. The van der Waals surface area contributed by atoms with Crippen molar-refractivity contribution in [3.05, 3.63) is 66.4 Å². The van der Waals surface area contributed by atoms with Crippen molar-refractivity contribution in [1.29, 1.82) is 0 Å². The van der Waals surface area contributed by atoms with Gasteiger partial charge in [-0.2, -0.15) is 0 Å². The van der Waals surface area contributed by atoms with Crippen molar-refractivity contribution < 1.29 is 9.32 Å². The fourth-order valence-corrected chi connectivity index (χ4v) is 4.39. The number of anilines is 1. The van der Waals surface area contributed by atoms with Crippen LogP contribution in [0.1, 0.15) is 10.5 Å². The van der Waals surface area contributed by atoms with Crippen molar-refractivity contribution in [2.75, 3.05) is 31.1 Å². The lowest BCUT2D eigenvalue weighted by Gasteiger charge is -2.34. The second-order valence-corrected chi connectivity index (χ2v) is 7.69. The maximum absolute atomic E-state index is 12.8. The molecule has 0 bridgehead atoms. The number of hydrogen-bond donors (Lipinski definition) is 0. The van der Waals surface area contributed by atoms with E-state index >= 15 is 0 Å². The summed E-state index contributed by atoms with van der Waals surface area (Å²) in [6, 6.07) is 19.6. The number of fused-ring (bicyclic) bond motifs is 1. The number of benzene rings is 2. The first kappa shape index (κ1) is 16.9. The first-order valence-corrected chi connectivity index (χ1v) is 10.0. The summed E-state index contributed by atoms with van der Waals surface area (Å²) in [5.74, 6) is 0.520. The van der Waals surface area contributed by atoms with Gasteiger partial charge in [0.15, 0.2) is 16.6 Å². The van der Waals surface area contributed by atoms with Crippen LogP contribution in [0.4, 0.5) is 5.13 Å². The minimum atomic E-state index is -0.0881. The zero-order chi connectivity index (χ0) is 18.9. The SMILES string of the molecule is O=C(c1cc(-c2ccccc2)on1)N1CCN(c2nc3ccccc3s2)CC1. The highest BCUT2D eigenvalue weighted by Crippen LogP contribution is 2.29. The Kier molecular flexibility index (Phi) is 4.29. The number of thiazole rings is 1. The Morgan fingerprint density at radius 2 is 1.71 bits per heavy atom. The third-order valence-corrected chi connectivity index (χ3v) is 6.00. The topological polar surface area (TPSA) is 62.5 Å². The van der Waals surface area contributed by atoms with Crippen LogP contribution in [-0.2, 0) is 0 Å². The highest BCUT2D eigenvalue weighted by atomic mass is 32.1. The predicted octanol–water partition coefficient (Wildman–Crippen LogP) is 3.91. The van der Waals surface area contributed by atoms with Crippen molar-refractivity contribution >= 4 is 32.6 Å². The lowest BCUT2D eigenvalue weighted by molar-refractivity contribution is 0.0736. The first-order valence-electron chi connectivity index (χ1n) is 9.20. The van der Waals surface area contributed by atoms with Gasteiger partial charge in [-0.1, -0.05) is 59.0 Å². The van der Waals surface area contributed by atoms with E-state index < -0.39 is 0 Å². The molecule has 0 radical (unpaired) electrons. The van der Waals surface area contributed by atoms with Crippen LogP contribution >= 0.6 is 11.3 Å². The summed E-state index contributed by atoms with van der Waals surface area (Å²) in [6.07, 6.45) is 0. The van der Waals surface area contributed by atoms with Crippen LogP contribution in [0.5, 0.6) is 0 Å². The molecule has 1 fully saturated rings. The Morgan fingerprint density at radius 1 is 0.964 bits per heavy atom. The zero-order valence-electron chi connectivity index (χ0n) is 15.1. The van der Waals surface area contributed by atoms with Crippen LogP contribution in [0.2, 0.25) is 0 Å². The van der Waals surface area contributed by atoms with Crippen molar-refractivity contribution in [2.45, 2.75) is 0 Å². The first-order chi connectivity index (χ1) is 13.8. The van der Waals surface area contributed by atoms with E-state index in [1.54, 1.807) is 17.4 Å². The Labute approximate surface area is 166 Å². The molecule has 28 heavy (non-hydrogen) atoms. The fraction of sp³-hybridized carbons (Fsp3) is 0.190. The second-order valence-electron chi connectivity index (χ2n) is 6.69. The zero-order valence-corrected chi connectivity index (χ0v) is 15.9. The Bertz CT molecular complexity index is 1080. The number of rotatable bonds is 3. The van der Waals surface area contributed by atoms with Crippen LogP contribution in [-0.4, -0.2) is 47.1 Å². The van der Waals surface area contributed by atoms with Gasteiger partial charge in [0.2, 0.25) is 0 Å². The summed E-state index contributed by atoms with van der Waals surface area (Å²) in [5, 5.41) is 5.00. The van der Waals surface area contributed by atoms with E-state index in [4.69, 9.17) is 9.51 Å². The molecule has 5 rings (SSSR count). The normalized spacial score (nSPS) is 14.6. The molecule has 140 valence electrons. The Morgan fingerprint density at radius 3 is 2.50 bits per heavy atom. The summed E-state index contributed by atoms with van der Waals surface area (Å²) in [7, 11) is 0. The van der Waals surface area contributed by atoms with Gasteiger partial charge in [-0.3, -0.25) is 4.79 Å². The summed E-state index contributed by atoms with van der Waals surface area (Å²) in [6.45, 7) is 2.80. The molecule has 0 aliphatic carbocycles. The van der Waals surface area contributed by atoms with Gasteiger partial charge < -0.3 is 14.3 Å². The van der Waals surface area contributed by atoms with E-state index in [1.807, 2.05) is 53.4 Å². The number of para-hydroxylation sites is 1. The molecule has 0 saturated carbocycles. The van der Waals surface area contributed by atoms with E-state index in [1.165, 1.54) is 4.70 Å². The standard InChI is InChI=1S/C21H18N4O2S/c26-20(17-14-18(27-23-17)15-6-2-1-3-7-15)24-10-12-25(13-11-24)21-22-16-8-4-5-9-19(16)28-21/h1-9,14H,10-13H2. The number of nitrogens with zero attached hydrogens (tertiary/aromatic N) is 4. The Balaban J connectivity index is 1.26. The van der Waals surface area contributed by atoms with Gasteiger partial charge >= 0.3 is 0 Å². The van der Waals surface area contributed by atoms with Gasteiger partial charge in [0.1, 0.15) is 0 Å². The van der Waals surface area contributed by atoms with Crippen LogP contribution in [0.3, 0.4) is 0 Å². The molecule has 1 amide bonds. The van der Waals surface area contributed by atoms with Crippen LogP contribution in [0.25, 0.3) is 21.5 Å². The van der Waals surface area contributed by atoms with E-state index in [0.717, 1.165) is 29.3 Å². The molecule has 4 aromatic rings. The molecule has 6 nitrogen and oxygen atoms in total. The number of carbonyl (C=O) groups excluding carboxylic acids is 1. The summed E-state index contributed by atoms with van der Waals surface area (Å²) in [4.78, 5) is 21.6. The van der Waals surface area contributed by atoms with Gasteiger partial charge in [-0.15, -0.1) is 0 Å². The number of amides is 1. The van der Waals surface area contributed by atoms with E-state index in [-0.39, 0.29) is 5.91 Å². The van der Waals surface area contributed by atoms with E-state index in [9.17, 15) is 4.79 Å². The van der Waals surface area contributed by atoms with Crippen molar-refractivity contribution in [1.82, 2.24) is 15.0 Å². The quantitative estimate of drug-likeness (QED) is 0.531. The summed E-state index contributed by atoms with van der Waals surface area (Å²) >= 11 is 1.69. The van der Waals surface area contributed by atoms with Gasteiger partial charge in [0.25, 0.3) is 5.91 Å². The minimum Gasteiger partial charge on any atom is -0.355 e. The molecule has 0 spiro atoms. The lowest BCUT2D eigenvalue weighted by atomic mass is 10.1. The third-order valence-electron chi connectivity index (χ3n) is 4.91. The highest BCUT2D eigenvalue weighted by molar-refractivity contribution is 7.22. The molecule has 1 aliphatic heterocycles. The molecule has 0 atom stereocenters. The monoisotopic (exact) mass is 390 g/mol. The second kappa shape index (κ2) is 7.09. The minimum absolute atomic E-state index is 0.0881. The number of carbonyl (C=O) groups is 1. The molecule has 7 heteroatoms. The number of piperazine rings is 1. The molecular weight excluding hydrogens is 372 g/mol. The molecular formula is C21H18N4O2S. The molecule has 1 saturated heterocycles. The molecule has 3 heterocycles. The number of hydrogen-bond acceptors (Lipinski definition) is 6. The van der Waals surface area contributed by atoms with Gasteiger partial charge in [-0.25, -0.2) is 4.98 Å². The molecule has 2 aromatic carbocycles. The predicted molar refractivity (Wildman–Crippen MR) is 110 cm³/mol. The van der Waals surface area contributed by atoms with Crippen LogP contribution < -0.4 is 4.90 Å². The van der Waals surface area contributed by atoms with Crippen LogP contribution in [0, 0.1) is 0 Å². The third kappa shape index (κ3) is 3.14. The van der Waals surface area contributed by atoms with E-state index in [2.05, 4.69) is 16.1 Å². The smallest absolute Gasteiger partial charge is 0.276 e. The molecule has 0 N–H and O–H groups in total. The van der Waals surface area contributed by atoms with E-state index in [0.29, 0.717) is 24.5 Å². The number of aromatic nitrogens is 2. The van der Waals surface area contributed by atoms with Crippen molar-refractivity contribution in [2.24, 2.45) is 0 Å². The van der Waals surface area contributed by atoms with Crippen molar-refractivity contribution in [3.8, 4) is 11.3 Å². The highest BCUT2D eigenvalue weighted by Gasteiger charge is 2.26. The van der Waals surface area contributed by atoms with Gasteiger partial charge in [-0.05, 0) is 12.1 Å². The van der Waals surface area contributed by atoms with Gasteiger partial charge in [0, 0.05) is 37.8 Å². The maximum atomic E-state index is 12.8. The average molecular weight is 390 g/mol. The molecule has 0 unspecified atom stereocenters. The largest absolute Gasteiger partial charge is 0.355 e. The Hall–Kier alpha value is -3.19. The fourth-order valence-electron chi connectivity index (χ4n) is 3.37.